The molecule has 62 valence electrons. The van der Waals surface area contributed by atoms with E-state index in [2.05, 4.69) is 21.1 Å². The molecular formula is C8H6BrNOS. The van der Waals surface area contributed by atoms with Gasteiger partial charge in [-0.15, -0.1) is 11.3 Å². The number of aromatic nitrogens is 1. The highest BCUT2D eigenvalue weighted by atomic mass is 79.9. The number of alkyl halides is 1. The maximum Gasteiger partial charge on any atom is 0.147 e. The lowest BCUT2D eigenvalue weighted by atomic mass is 10.3. The van der Waals surface area contributed by atoms with Gasteiger partial charge in [-0.3, -0.25) is 0 Å². The Kier molecular flexibility index (Phi) is 2.28. The summed E-state index contributed by atoms with van der Waals surface area (Å²) in [5.74, 6) is 0.860. The Balaban J connectivity index is 2.35. The minimum absolute atomic E-state index is 0.714. The average Bonchev–Trinajstić information content (AvgIpc) is 2.75. The molecule has 0 radical (unpaired) electrons. The van der Waals surface area contributed by atoms with Crippen LogP contribution in [0.15, 0.2) is 28.1 Å². The van der Waals surface area contributed by atoms with Crippen LogP contribution in [0.2, 0.25) is 0 Å². The van der Waals surface area contributed by atoms with Crippen LogP contribution in [0, 0.1) is 0 Å². The normalized spacial score (nSPS) is 10.4. The number of halogens is 1. The Hall–Kier alpha value is -0.610. The van der Waals surface area contributed by atoms with Crippen LogP contribution in [0.3, 0.4) is 0 Å². The van der Waals surface area contributed by atoms with E-state index in [4.69, 9.17) is 4.52 Å². The molecule has 0 aliphatic carbocycles. The summed E-state index contributed by atoms with van der Waals surface area (Å²) in [4.78, 5) is 1.14. The van der Waals surface area contributed by atoms with E-state index >= 15 is 0 Å². The largest absolute Gasteiger partial charge is 0.360 e. The highest BCUT2D eigenvalue weighted by Crippen LogP contribution is 2.24. The third kappa shape index (κ3) is 1.44. The van der Waals surface area contributed by atoms with Crippen LogP contribution < -0.4 is 0 Å². The van der Waals surface area contributed by atoms with Crippen LogP contribution in [-0.4, -0.2) is 5.16 Å². The number of rotatable bonds is 2. The van der Waals surface area contributed by atoms with Gasteiger partial charge in [0, 0.05) is 6.07 Å². The Bertz CT molecular complexity index is 355. The number of nitrogens with zero attached hydrogens (tertiary/aromatic N) is 1. The predicted octanol–water partition coefficient (Wildman–Crippen LogP) is 3.30. The molecule has 2 aromatic heterocycles. The fourth-order valence-corrected chi connectivity index (χ4v) is 1.86. The summed E-state index contributed by atoms with van der Waals surface area (Å²) in [5.41, 5.74) is 0.916. The summed E-state index contributed by atoms with van der Waals surface area (Å²) in [6.45, 7) is 0. The van der Waals surface area contributed by atoms with E-state index in [1.165, 1.54) is 0 Å². The molecule has 4 heteroatoms. The third-order valence-electron chi connectivity index (χ3n) is 1.46. The zero-order valence-electron chi connectivity index (χ0n) is 6.16. The monoisotopic (exact) mass is 243 g/mol. The minimum Gasteiger partial charge on any atom is -0.360 e. The van der Waals surface area contributed by atoms with Crippen LogP contribution in [0.25, 0.3) is 10.6 Å². The molecule has 0 fully saturated rings. The zero-order chi connectivity index (χ0) is 8.39. The second-order valence-electron chi connectivity index (χ2n) is 2.29. The molecule has 0 bridgehead atoms. The molecule has 2 nitrogen and oxygen atoms in total. The summed E-state index contributed by atoms with van der Waals surface area (Å²) in [5, 5.41) is 6.67. The van der Waals surface area contributed by atoms with Crippen molar-refractivity contribution in [2.75, 3.05) is 0 Å². The van der Waals surface area contributed by atoms with Gasteiger partial charge in [0.25, 0.3) is 0 Å². The van der Waals surface area contributed by atoms with Gasteiger partial charge in [-0.1, -0.05) is 27.2 Å². The van der Waals surface area contributed by atoms with E-state index in [0.29, 0.717) is 5.33 Å². The van der Waals surface area contributed by atoms with Crippen molar-refractivity contribution in [3.63, 3.8) is 0 Å². The molecule has 0 aliphatic rings. The van der Waals surface area contributed by atoms with Crippen molar-refractivity contribution in [3.05, 3.63) is 29.3 Å². The molecule has 0 saturated carbocycles. The Morgan fingerprint density at radius 1 is 1.58 bits per heavy atom. The third-order valence-corrected chi connectivity index (χ3v) is 2.91. The van der Waals surface area contributed by atoms with Crippen molar-refractivity contribution in [3.8, 4) is 10.6 Å². The van der Waals surface area contributed by atoms with E-state index < -0.39 is 0 Å². The van der Waals surface area contributed by atoms with Gasteiger partial charge in [-0.25, -0.2) is 0 Å². The molecule has 0 amide bonds. The molecule has 2 aromatic rings. The molecule has 0 aromatic carbocycles. The first-order chi connectivity index (χ1) is 5.90. The average molecular weight is 244 g/mol. The van der Waals surface area contributed by atoms with E-state index in [-0.39, 0.29) is 0 Å². The molecule has 0 N–H and O–H groups in total. The summed E-state index contributed by atoms with van der Waals surface area (Å²) in [6.07, 6.45) is 0. The number of thiophene rings is 1. The van der Waals surface area contributed by atoms with Crippen LogP contribution in [0.1, 0.15) is 5.76 Å². The highest BCUT2D eigenvalue weighted by molar-refractivity contribution is 9.08. The lowest BCUT2D eigenvalue weighted by Gasteiger charge is -1.82. The number of hydrogen-bond donors (Lipinski definition) is 0. The fourth-order valence-electron chi connectivity index (χ4n) is 0.916. The Labute approximate surface area is 82.3 Å². The van der Waals surface area contributed by atoms with Crippen molar-refractivity contribution in [2.24, 2.45) is 0 Å². The fraction of sp³-hybridized carbons (Fsp3) is 0.125. The van der Waals surface area contributed by atoms with Crippen molar-refractivity contribution < 1.29 is 4.52 Å². The van der Waals surface area contributed by atoms with Crippen molar-refractivity contribution in [2.45, 2.75) is 5.33 Å². The molecule has 0 spiro atoms. The first-order valence-corrected chi connectivity index (χ1v) is 5.45. The van der Waals surface area contributed by atoms with Crippen molar-refractivity contribution in [1.82, 2.24) is 5.16 Å². The van der Waals surface area contributed by atoms with Gasteiger partial charge in [0.2, 0.25) is 0 Å². The Morgan fingerprint density at radius 2 is 2.50 bits per heavy atom. The molecule has 0 unspecified atom stereocenters. The second-order valence-corrected chi connectivity index (χ2v) is 3.80. The first-order valence-electron chi connectivity index (χ1n) is 3.45. The highest BCUT2D eigenvalue weighted by Gasteiger charge is 2.05. The maximum atomic E-state index is 5.05. The van der Waals surface area contributed by atoms with Crippen LogP contribution >= 0.6 is 27.3 Å². The molecule has 0 atom stereocenters. The zero-order valence-corrected chi connectivity index (χ0v) is 8.56. The quantitative estimate of drug-likeness (QED) is 0.757. The standard InChI is InChI=1S/C8H6BrNOS/c9-5-6-4-7(10-11-6)8-2-1-3-12-8/h1-4H,5H2. The molecule has 0 aliphatic heterocycles. The van der Waals surface area contributed by atoms with Gasteiger partial charge in [-0.2, -0.15) is 0 Å². The summed E-state index contributed by atoms with van der Waals surface area (Å²) < 4.78 is 5.05. The minimum atomic E-state index is 0.714. The van der Waals surface area contributed by atoms with E-state index in [1.807, 2.05) is 23.6 Å². The molecule has 2 rings (SSSR count). The first kappa shape index (κ1) is 8.01. The van der Waals surface area contributed by atoms with Gasteiger partial charge >= 0.3 is 0 Å². The number of hydrogen-bond acceptors (Lipinski definition) is 3. The van der Waals surface area contributed by atoms with Crippen LogP contribution in [-0.2, 0) is 5.33 Å². The summed E-state index contributed by atoms with van der Waals surface area (Å²) >= 11 is 4.97. The van der Waals surface area contributed by atoms with Crippen molar-refractivity contribution >= 4 is 27.3 Å². The van der Waals surface area contributed by atoms with Crippen LogP contribution in [0.4, 0.5) is 0 Å². The van der Waals surface area contributed by atoms with E-state index in [9.17, 15) is 0 Å². The molecule has 0 saturated heterocycles. The topological polar surface area (TPSA) is 26.0 Å². The van der Waals surface area contributed by atoms with Crippen LogP contribution in [0.5, 0.6) is 0 Å². The molecular weight excluding hydrogens is 238 g/mol. The van der Waals surface area contributed by atoms with Gasteiger partial charge in [0.05, 0.1) is 10.2 Å². The second kappa shape index (κ2) is 3.41. The smallest absolute Gasteiger partial charge is 0.147 e. The summed E-state index contributed by atoms with van der Waals surface area (Å²) in [6, 6.07) is 5.98. The van der Waals surface area contributed by atoms with Gasteiger partial charge < -0.3 is 4.52 Å². The van der Waals surface area contributed by atoms with Crippen molar-refractivity contribution in [1.29, 1.82) is 0 Å². The van der Waals surface area contributed by atoms with Gasteiger partial charge in [-0.05, 0) is 11.4 Å². The van der Waals surface area contributed by atoms with E-state index in [0.717, 1.165) is 16.3 Å². The van der Waals surface area contributed by atoms with Gasteiger partial charge in [0.15, 0.2) is 0 Å². The van der Waals surface area contributed by atoms with Gasteiger partial charge in [0.1, 0.15) is 11.5 Å². The molecule has 12 heavy (non-hydrogen) atoms. The molecule has 2 heterocycles. The summed E-state index contributed by atoms with van der Waals surface area (Å²) in [7, 11) is 0. The maximum absolute atomic E-state index is 5.05. The lowest BCUT2D eigenvalue weighted by Crippen LogP contribution is -1.66. The predicted molar refractivity (Wildman–Crippen MR) is 52.4 cm³/mol. The SMILES string of the molecule is BrCc1cc(-c2cccs2)no1. The Morgan fingerprint density at radius 3 is 3.08 bits per heavy atom. The lowest BCUT2D eigenvalue weighted by molar-refractivity contribution is 0.398. The van der Waals surface area contributed by atoms with E-state index in [1.54, 1.807) is 11.3 Å².